The van der Waals surface area contributed by atoms with Crippen LogP contribution in [-0.4, -0.2) is 135 Å². The molecule has 5 N–H and O–H groups in total. The van der Waals surface area contributed by atoms with Gasteiger partial charge in [-0.1, -0.05) is 12.1 Å². The summed E-state index contributed by atoms with van der Waals surface area (Å²) in [5, 5.41) is 46.3. The van der Waals surface area contributed by atoms with Gasteiger partial charge in [0.25, 0.3) is 0 Å². The van der Waals surface area contributed by atoms with Crippen LogP contribution in [0.15, 0.2) is 24.3 Å². The Kier molecular flexibility index (Phi) is 13.6. The summed E-state index contributed by atoms with van der Waals surface area (Å²) in [6.07, 6.45) is 0.0253. The number of hydrogen-bond acceptors (Lipinski definition) is 9. The van der Waals surface area contributed by atoms with E-state index in [-0.39, 0.29) is 32.6 Å². The van der Waals surface area contributed by atoms with E-state index in [2.05, 4.69) is 0 Å². The highest BCUT2D eigenvalue weighted by molar-refractivity contribution is 5.74. The Hall–Kier alpha value is -3.75. The fraction of sp³-hybridized carbons (Fsp3) is 0.522. The number of carboxylic acid groups (broad SMARTS) is 5. The van der Waals surface area contributed by atoms with Crippen molar-refractivity contribution in [3.63, 3.8) is 0 Å². The van der Waals surface area contributed by atoms with Gasteiger partial charge in [-0.05, 0) is 31.0 Å². The van der Waals surface area contributed by atoms with Gasteiger partial charge in [-0.25, -0.2) is 0 Å². The van der Waals surface area contributed by atoms with Crippen LogP contribution in [0.25, 0.3) is 0 Å². The van der Waals surface area contributed by atoms with Gasteiger partial charge < -0.3 is 30.3 Å². The molecule has 1 aromatic rings. The van der Waals surface area contributed by atoms with Crippen molar-refractivity contribution in [2.75, 3.05) is 59.0 Å². The number of rotatable bonds is 20. The van der Waals surface area contributed by atoms with Crippen LogP contribution >= 0.6 is 0 Å². The minimum atomic E-state index is -1.26. The Balaban J connectivity index is 3.15. The molecule has 0 aliphatic heterocycles. The summed E-state index contributed by atoms with van der Waals surface area (Å²) in [5.74, 6) is -5.64. The minimum Gasteiger partial charge on any atom is -0.494 e. The molecule has 0 saturated carbocycles. The zero-order chi connectivity index (χ0) is 28.0. The highest BCUT2D eigenvalue weighted by Gasteiger charge is 2.28. The molecule has 0 saturated heterocycles. The molecule has 1 rings (SSSR count). The molecule has 1 atom stereocenters. The van der Waals surface area contributed by atoms with Crippen LogP contribution in [0, 0.1) is 0 Å². The van der Waals surface area contributed by atoms with E-state index >= 15 is 0 Å². The molecule has 0 radical (unpaired) electrons. The first-order valence-corrected chi connectivity index (χ1v) is 11.4. The zero-order valence-corrected chi connectivity index (χ0v) is 20.5. The molecule has 1 aromatic carbocycles. The maximum atomic E-state index is 12.2. The maximum Gasteiger partial charge on any atom is 0.321 e. The Morgan fingerprint density at radius 2 is 1.11 bits per heavy atom. The molecule has 14 nitrogen and oxygen atoms in total. The second-order valence-corrected chi connectivity index (χ2v) is 8.17. The summed E-state index contributed by atoms with van der Waals surface area (Å²) in [5.41, 5.74) is 0.654. The summed E-state index contributed by atoms with van der Waals surface area (Å²) in [4.78, 5) is 60.5. The lowest BCUT2D eigenvalue weighted by Gasteiger charge is -2.32. The minimum absolute atomic E-state index is 0.0253. The van der Waals surface area contributed by atoms with E-state index in [9.17, 15) is 29.1 Å². The van der Waals surface area contributed by atoms with Crippen LogP contribution in [0.3, 0.4) is 0 Å². The van der Waals surface area contributed by atoms with Crippen LogP contribution in [0.4, 0.5) is 0 Å². The largest absolute Gasteiger partial charge is 0.494 e. The molecule has 0 heterocycles. The van der Waals surface area contributed by atoms with E-state index in [4.69, 9.17) is 25.2 Å². The third-order valence-corrected chi connectivity index (χ3v) is 5.23. The highest BCUT2D eigenvalue weighted by Crippen LogP contribution is 2.16. The molecule has 0 spiro atoms. The summed E-state index contributed by atoms with van der Waals surface area (Å²) in [7, 11) is 0. The van der Waals surface area contributed by atoms with Crippen molar-refractivity contribution in [3.8, 4) is 5.75 Å². The predicted molar refractivity (Wildman–Crippen MR) is 128 cm³/mol. The smallest absolute Gasteiger partial charge is 0.321 e. The Labute approximate surface area is 213 Å². The molecule has 0 aromatic heterocycles. The van der Waals surface area contributed by atoms with E-state index in [1.807, 2.05) is 6.92 Å². The van der Waals surface area contributed by atoms with Crippen molar-refractivity contribution >= 4 is 29.8 Å². The second-order valence-electron chi connectivity index (χ2n) is 8.17. The monoisotopic (exact) mass is 527 g/mol. The van der Waals surface area contributed by atoms with Crippen LogP contribution in [-0.2, 0) is 30.4 Å². The number of carbonyl (C=O) groups is 5. The summed E-state index contributed by atoms with van der Waals surface area (Å²) in [6.45, 7) is -0.401. The average Bonchev–Trinajstić information content (AvgIpc) is 2.77. The van der Waals surface area contributed by atoms with Gasteiger partial charge in [0.2, 0.25) is 0 Å². The number of benzene rings is 1. The fourth-order valence-electron chi connectivity index (χ4n) is 3.64. The molecule has 0 aliphatic carbocycles. The van der Waals surface area contributed by atoms with E-state index < -0.39 is 62.1 Å². The maximum absolute atomic E-state index is 12.2. The van der Waals surface area contributed by atoms with Crippen molar-refractivity contribution in [1.82, 2.24) is 14.7 Å². The summed E-state index contributed by atoms with van der Waals surface area (Å²) in [6, 6.07) is 5.62. The lowest BCUT2D eigenvalue weighted by atomic mass is 10.0. The predicted octanol–water partition coefficient (Wildman–Crippen LogP) is -0.675. The molecule has 206 valence electrons. The van der Waals surface area contributed by atoms with Crippen LogP contribution in [0.5, 0.6) is 5.75 Å². The molecule has 0 fully saturated rings. The van der Waals surface area contributed by atoms with Crippen molar-refractivity contribution in [2.24, 2.45) is 0 Å². The lowest BCUT2D eigenvalue weighted by Crippen LogP contribution is -2.50. The van der Waals surface area contributed by atoms with Gasteiger partial charge >= 0.3 is 29.8 Å². The number of nitrogens with zero attached hydrogens (tertiary/aromatic N) is 3. The van der Waals surface area contributed by atoms with Crippen molar-refractivity contribution < 1.29 is 54.2 Å². The molecule has 0 bridgehead atoms. The van der Waals surface area contributed by atoms with Crippen molar-refractivity contribution in [3.05, 3.63) is 29.8 Å². The number of hydrogen-bond donors (Lipinski definition) is 5. The average molecular weight is 528 g/mol. The van der Waals surface area contributed by atoms with Gasteiger partial charge in [-0.2, -0.15) is 0 Å². The highest BCUT2D eigenvalue weighted by atomic mass is 16.5. The van der Waals surface area contributed by atoms with Gasteiger partial charge in [0.05, 0.1) is 32.8 Å². The SMILES string of the molecule is CCOc1ccc(C[C@@H](C(=O)O)N(CCN(CC(=O)O)CC(=O)O)CCN(CC(=O)O)CC(=O)O)cc1. The first kappa shape index (κ1) is 31.3. The fourth-order valence-corrected chi connectivity index (χ4v) is 3.64. The Bertz CT molecular complexity index is 851. The van der Waals surface area contributed by atoms with Crippen LogP contribution < -0.4 is 4.74 Å². The molecular formula is C23H33N3O11. The van der Waals surface area contributed by atoms with Gasteiger partial charge in [-0.15, -0.1) is 0 Å². The molecule has 37 heavy (non-hydrogen) atoms. The second kappa shape index (κ2) is 16.1. The van der Waals surface area contributed by atoms with Crippen LogP contribution in [0.1, 0.15) is 12.5 Å². The topological polar surface area (TPSA) is 205 Å². The van der Waals surface area contributed by atoms with Gasteiger partial charge in [-0.3, -0.25) is 38.7 Å². The quantitative estimate of drug-likeness (QED) is 0.143. The molecule has 0 unspecified atom stereocenters. The van der Waals surface area contributed by atoms with E-state index in [1.54, 1.807) is 24.3 Å². The van der Waals surface area contributed by atoms with Gasteiger partial charge in [0.15, 0.2) is 0 Å². The Morgan fingerprint density at radius 3 is 1.43 bits per heavy atom. The van der Waals surface area contributed by atoms with Crippen LogP contribution in [0.2, 0.25) is 0 Å². The van der Waals surface area contributed by atoms with Crippen molar-refractivity contribution in [1.29, 1.82) is 0 Å². The van der Waals surface area contributed by atoms with Crippen molar-refractivity contribution in [2.45, 2.75) is 19.4 Å². The third kappa shape index (κ3) is 13.2. The lowest BCUT2D eigenvalue weighted by molar-refractivity contribution is -0.146. The van der Waals surface area contributed by atoms with E-state index in [0.29, 0.717) is 17.9 Å². The Morgan fingerprint density at radius 1 is 0.703 bits per heavy atom. The molecule has 0 aliphatic rings. The molecule has 14 heteroatoms. The summed E-state index contributed by atoms with van der Waals surface area (Å²) >= 11 is 0. The third-order valence-electron chi connectivity index (χ3n) is 5.23. The first-order valence-electron chi connectivity index (χ1n) is 11.4. The molecular weight excluding hydrogens is 494 g/mol. The van der Waals surface area contributed by atoms with E-state index in [0.717, 1.165) is 9.80 Å². The zero-order valence-electron chi connectivity index (χ0n) is 20.5. The normalized spacial score (nSPS) is 12.0. The van der Waals surface area contributed by atoms with Gasteiger partial charge in [0, 0.05) is 26.2 Å². The standard InChI is InChI=1S/C23H33N3O11/c1-2-37-17-5-3-16(4-6-17)11-18(23(35)36)26(9-7-24(12-19(27)28)13-20(29)30)10-8-25(14-21(31)32)15-22(33)34/h3-6,18H,2,7-15H2,1H3,(H,27,28)(H,29,30)(H,31,32)(H,33,34)(H,35,36)/t18-/m0/s1. The number of aliphatic carboxylic acids is 5. The first-order chi connectivity index (χ1) is 17.4. The van der Waals surface area contributed by atoms with Gasteiger partial charge in [0.1, 0.15) is 11.8 Å². The number of carboxylic acids is 5. The summed E-state index contributed by atoms with van der Waals surface area (Å²) < 4.78 is 5.39. The number of ether oxygens (including phenoxy) is 1. The van der Waals surface area contributed by atoms with E-state index in [1.165, 1.54) is 4.90 Å². The molecule has 0 amide bonds.